The van der Waals surface area contributed by atoms with Gasteiger partial charge in [0.05, 0.1) is 18.1 Å². The average molecular weight is 377 g/mol. The summed E-state index contributed by atoms with van der Waals surface area (Å²) in [6, 6.07) is 4.19. The summed E-state index contributed by atoms with van der Waals surface area (Å²) in [6.45, 7) is 10.8. The first kappa shape index (κ1) is 19.0. The van der Waals surface area contributed by atoms with Crippen LogP contribution >= 0.6 is 11.8 Å². The standard InChI is InChI=1S/C19H28N4O2S/c1-12(2)23(13(3)4)18(24)14(5)26-19-21-20-17(15-8-9-15)22(19)11-16-7-6-10-25-16/h6-7,10,12-15H,8-9,11H2,1-5H3. The summed E-state index contributed by atoms with van der Waals surface area (Å²) in [4.78, 5) is 14.9. The van der Waals surface area contributed by atoms with Crippen molar-refractivity contribution in [3.63, 3.8) is 0 Å². The van der Waals surface area contributed by atoms with Gasteiger partial charge in [0, 0.05) is 18.0 Å². The van der Waals surface area contributed by atoms with E-state index in [0.29, 0.717) is 12.5 Å². The normalized spacial score (nSPS) is 15.7. The van der Waals surface area contributed by atoms with Crippen LogP contribution in [0.4, 0.5) is 0 Å². The Hall–Kier alpha value is -1.76. The van der Waals surface area contributed by atoms with Crippen molar-refractivity contribution in [1.82, 2.24) is 19.7 Å². The molecule has 1 aliphatic carbocycles. The second kappa shape index (κ2) is 7.86. The molecular weight excluding hydrogens is 348 g/mol. The molecule has 1 saturated carbocycles. The van der Waals surface area contributed by atoms with E-state index in [1.807, 2.05) is 24.0 Å². The van der Waals surface area contributed by atoms with E-state index in [9.17, 15) is 4.79 Å². The van der Waals surface area contributed by atoms with Crippen molar-refractivity contribution < 1.29 is 9.21 Å². The fourth-order valence-electron chi connectivity index (χ4n) is 3.26. The molecule has 1 amide bonds. The fraction of sp³-hybridized carbons (Fsp3) is 0.632. The van der Waals surface area contributed by atoms with Gasteiger partial charge in [-0.15, -0.1) is 10.2 Å². The lowest BCUT2D eigenvalue weighted by Crippen LogP contribution is -2.45. The number of furan rings is 1. The molecule has 0 spiro atoms. The summed E-state index contributed by atoms with van der Waals surface area (Å²) in [7, 11) is 0. The van der Waals surface area contributed by atoms with E-state index in [4.69, 9.17) is 4.42 Å². The number of hydrogen-bond acceptors (Lipinski definition) is 5. The van der Waals surface area contributed by atoms with Crippen LogP contribution in [0, 0.1) is 0 Å². The topological polar surface area (TPSA) is 64.2 Å². The van der Waals surface area contributed by atoms with Gasteiger partial charge in [-0.1, -0.05) is 11.8 Å². The summed E-state index contributed by atoms with van der Waals surface area (Å²) >= 11 is 1.49. The molecule has 6 nitrogen and oxygen atoms in total. The Morgan fingerprint density at radius 1 is 1.27 bits per heavy atom. The molecule has 2 aromatic rings. The maximum atomic E-state index is 12.9. The number of carbonyl (C=O) groups is 1. The molecule has 1 fully saturated rings. The maximum absolute atomic E-state index is 12.9. The lowest BCUT2D eigenvalue weighted by Gasteiger charge is -2.32. The predicted molar refractivity (Wildman–Crippen MR) is 102 cm³/mol. The second-order valence-electron chi connectivity index (χ2n) is 7.47. The third-order valence-electron chi connectivity index (χ3n) is 4.58. The molecule has 1 atom stereocenters. The smallest absolute Gasteiger partial charge is 0.236 e. The molecule has 1 unspecified atom stereocenters. The second-order valence-corrected chi connectivity index (χ2v) is 8.78. The monoisotopic (exact) mass is 376 g/mol. The minimum atomic E-state index is -0.216. The Morgan fingerprint density at radius 2 is 1.96 bits per heavy atom. The lowest BCUT2D eigenvalue weighted by atomic mass is 10.2. The molecule has 2 heterocycles. The molecule has 0 bridgehead atoms. The van der Waals surface area contributed by atoms with Gasteiger partial charge in [0.25, 0.3) is 0 Å². The van der Waals surface area contributed by atoms with Crippen LogP contribution in [0.15, 0.2) is 28.0 Å². The van der Waals surface area contributed by atoms with Gasteiger partial charge in [0.15, 0.2) is 5.16 Å². The minimum absolute atomic E-state index is 0.139. The van der Waals surface area contributed by atoms with Crippen molar-refractivity contribution in [2.45, 2.75) is 82.4 Å². The summed E-state index contributed by atoms with van der Waals surface area (Å²) in [5, 5.41) is 9.38. The lowest BCUT2D eigenvalue weighted by molar-refractivity contribution is -0.133. The number of hydrogen-bond donors (Lipinski definition) is 0. The molecule has 0 aliphatic heterocycles. The van der Waals surface area contributed by atoms with Crippen LogP contribution in [0.1, 0.15) is 65.0 Å². The van der Waals surface area contributed by atoms with Crippen molar-refractivity contribution >= 4 is 17.7 Å². The molecule has 0 aromatic carbocycles. The predicted octanol–water partition coefficient (Wildman–Crippen LogP) is 3.92. The van der Waals surface area contributed by atoms with Crippen molar-refractivity contribution in [1.29, 1.82) is 0 Å². The van der Waals surface area contributed by atoms with Crippen LogP contribution in [-0.4, -0.2) is 42.9 Å². The molecule has 7 heteroatoms. The highest BCUT2D eigenvalue weighted by Gasteiger charge is 2.32. The fourth-order valence-corrected chi connectivity index (χ4v) is 4.17. The highest BCUT2D eigenvalue weighted by Crippen LogP contribution is 2.40. The number of aromatic nitrogens is 3. The molecule has 0 N–H and O–H groups in total. The van der Waals surface area contributed by atoms with Crippen LogP contribution in [0.5, 0.6) is 0 Å². The van der Waals surface area contributed by atoms with Gasteiger partial charge in [-0.2, -0.15) is 0 Å². The van der Waals surface area contributed by atoms with E-state index in [0.717, 1.165) is 29.6 Å². The molecule has 26 heavy (non-hydrogen) atoms. The zero-order valence-corrected chi connectivity index (χ0v) is 17.0. The van der Waals surface area contributed by atoms with Crippen molar-refractivity contribution in [2.24, 2.45) is 0 Å². The highest BCUT2D eigenvalue weighted by atomic mass is 32.2. The first-order chi connectivity index (χ1) is 12.4. The Kier molecular flexibility index (Phi) is 5.75. The Labute approximate surface area is 159 Å². The largest absolute Gasteiger partial charge is 0.467 e. The third-order valence-corrected chi connectivity index (χ3v) is 5.65. The Bertz CT molecular complexity index is 727. The van der Waals surface area contributed by atoms with Gasteiger partial charge in [-0.05, 0) is 59.6 Å². The van der Waals surface area contributed by atoms with E-state index in [2.05, 4.69) is 42.5 Å². The van der Waals surface area contributed by atoms with E-state index in [1.54, 1.807) is 6.26 Å². The van der Waals surface area contributed by atoms with Crippen molar-refractivity contribution in [3.8, 4) is 0 Å². The summed E-state index contributed by atoms with van der Waals surface area (Å²) in [5.41, 5.74) is 0. The van der Waals surface area contributed by atoms with Gasteiger partial charge < -0.3 is 9.32 Å². The maximum Gasteiger partial charge on any atom is 0.236 e. The van der Waals surface area contributed by atoms with Crippen molar-refractivity contribution in [2.75, 3.05) is 0 Å². The Morgan fingerprint density at radius 3 is 2.50 bits per heavy atom. The van der Waals surface area contributed by atoms with Crippen LogP contribution in [0.3, 0.4) is 0 Å². The van der Waals surface area contributed by atoms with E-state index >= 15 is 0 Å². The Balaban J connectivity index is 1.79. The summed E-state index contributed by atoms with van der Waals surface area (Å²) in [6.07, 6.45) is 3.99. The summed E-state index contributed by atoms with van der Waals surface area (Å²) < 4.78 is 7.62. The average Bonchev–Trinajstić information content (AvgIpc) is 3.14. The first-order valence-electron chi connectivity index (χ1n) is 9.32. The SMILES string of the molecule is CC(Sc1nnc(C2CC2)n1Cc1ccco1)C(=O)N(C(C)C)C(C)C. The van der Waals surface area contributed by atoms with Crippen LogP contribution in [0.25, 0.3) is 0 Å². The molecule has 142 valence electrons. The molecule has 0 saturated heterocycles. The number of thioether (sulfide) groups is 1. The van der Waals surface area contributed by atoms with Crippen molar-refractivity contribution in [3.05, 3.63) is 30.0 Å². The van der Waals surface area contributed by atoms with Gasteiger partial charge in [0.2, 0.25) is 5.91 Å². The zero-order chi connectivity index (χ0) is 18.8. The third kappa shape index (κ3) is 4.14. The van der Waals surface area contributed by atoms with E-state index < -0.39 is 0 Å². The van der Waals surface area contributed by atoms with Crippen LogP contribution in [-0.2, 0) is 11.3 Å². The van der Waals surface area contributed by atoms with E-state index in [-0.39, 0.29) is 23.2 Å². The van der Waals surface area contributed by atoms with Crippen LogP contribution in [0.2, 0.25) is 0 Å². The zero-order valence-electron chi connectivity index (χ0n) is 16.2. The molecule has 2 aromatic heterocycles. The molecule has 0 radical (unpaired) electrons. The number of amides is 1. The number of rotatable bonds is 8. The molecular formula is C19H28N4O2S. The molecule has 3 rings (SSSR count). The summed E-state index contributed by atoms with van der Waals surface area (Å²) in [5.74, 6) is 2.51. The first-order valence-corrected chi connectivity index (χ1v) is 10.2. The number of carbonyl (C=O) groups excluding carboxylic acids is 1. The van der Waals surface area contributed by atoms with Gasteiger partial charge in [0.1, 0.15) is 11.6 Å². The van der Waals surface area contributed by atoms with E-state index in [1.165, 1.54) is 11.8 Å². The van der Waals surface area contributed by atoms with Gasteiger partial charge in [-0.3, -0.25) is 9.36 Å². The number of nitrogens with zero attached hydrogens (tertiary/aromatic N) is 4. The molecule has 1 aliphatic rings. The van der Waals surface area contributed by atoms with Gasteiger partial charge >= 0.3 is 0 Å². The van der Waals surface area contributed by atoms with Gasteiger partial charge in [-0.25, -0.2) is 0 Å². The quantitative estimate of drug-likeness (QED) is 0.653. The minimum Gasteiger partial charge on any atom is -0.467 e. The van der Waals surface area contributed by atoms with Crippen LogP contribution < -0.4 is 0 Å². The highest BCUT2D eigenvalue weighted by molar-refractivity contribution is 8.00.